The predicted molar refractivity (Wildman–Crippen MR) is 108 cm³/mol. The first-order valence-corrected chi connectivity index (χ1v) is 9.93. The normalized spacial score (nSPS) is 10.5. The molecule has 3 aromatic rings. The van der Waals surface area contributed by atoms with Crippen LogP contribution in [-0.4, -0.2) is 27.7 Å². The zero-order valence-corrected chi connectivity index (χ0v) is 16.7. The lowest BCUT2D eigenvalue weighted by atomic mass is 10.2. The molecule has 0 aliphatic heterocycles. The summed E-state index contributed by atoms with van der Waals surface area (Å²) in [6, 6.07) is 8.90. The van der Waals surface area contributed by atoms with Crippen LogP contribution in [0.1, 0.15) is 41.2 Å². The minimum Gasteiger partial charge on any atom is -0.490 e. The third-order valence-electron chi connectivity index (χ3n) is 3.77. The maximum absolute atomic E-state index is 12.6. The maximum Gasteiger partial charge on any atom is 0.257 e. The third-order valence-corrected chi connectivity index (χ3v) is 4.67. The first-order chi connectivity index (χ1) is 13.7. The molecule has 1 amide bonds. The quantitative estimate of drug-likeness (QED) is 0.584. The zero-order chi connectivity index (χ0) is 19.8. The summed E-state index contributed by atoms with van der Waals surface area (Å²) in [5.41, 5.74) is 1.41. The fourth-order valence-electron chi connectivity index (χ4n) is 2.47. The Kier molecular flexibility index (Phi) is 6.91. The lowest BCUT2D eigenvalue weighted by Crippen LogP contribution is -2.12. The Morgan fingerprint density at radius 3 is 2.79 bits per heavy atom. The molecule has 0 radical (unpaired) electrons. The molecule has 146 valence electrons. The van der Waals surface area contributed by atoms with Gasteiger partial charge in [0.05, 0.1) is 6.61 Å². The second kappa shape index (κ2) is 9.80. The lowest BCUT2D eigenvalue weighted by Gasteiger charge is -2.13. The van der Waals surface area contributed by atoms with Gasteiger partial charge in [-0.05, 0) is 37.6 Å². The van der Waals surface area contributed by atoms with Crippen molar-refractivity contribution in [3.05, 3.63) is 58.9 Å². The van der Waals surface area contributed by atoms with Gasteiger partial charge in [-0.15, -0.1) is 10.2 Å². The molecule has 0 spiro atoms. The Labute approximate surface area is 167 Å². The molecule has 0 bridgehead atoms. The van der Waals surface area contributed by atoms with E-state index in [9.17, 15) is 4.79 Å². The molecule has 0 saturated carbocycles. The highest BCUT2D eigenvalue weighted by Gasteiger charge is 2.14. The van der Waals surface area contributed by atoms with E-state index < -0.39 is 0 Å². The average molecular weight is 398 g/mol. The van der Waals surface area contributed by atoms with Crippen molar-refractivity contribution in [2.45, 2.75) is 33.3 Å². The Hall–Kier alpha value is -3.00. The highest BCUT2D eigenvalue weighted by Crippen LogP contribution is 2.30. The summed E-state index contributed by atoms with van der Waals surface area (Å²) >= 11 is 1.39. The molecule has 0 atom stereocenters. The molecule has 28 heavy (non-hydrogen) atoms. The van der Waals surface area contributed by atoms with Crippen molar-refractivity contribution in [2.24, 2.45) is 0 Å². The number of aryl methyl sites for hydroxylation is 1. The van der Waals surface area contributed by atoms with Crippen LogP contribution >= 0.6 is 11.3 Å². The van der Waals surface area contributed by atoms with Gasteiger partial charge in [-0.1, -0.05) is 24.3 Å². The third kappa shape index (κ3) is 5.26. The van der Waals surface area contributed by atoms with Gasteiger partial charge < -0.3 is 9.47 Å². The molecule has 2 aromatic heterocycles. The van der Waals surface area contributed by atoms with Crippen LogP contribution in [0.2, 0.25) is 0 Å². The van der Waals surface area contributed by atoms with Gasteiger partial charge in [-0.3, -0.25) is 15.1 Å². The molecule has 1 N–H and O–H groups in total. The molecular weight excluding hydrogens is 376 g/mol. The van der Waals surface area contributed by atoms with Crippen molar-refractivity contribution in [3.8, 4) is 11.5 Å². The predicted octanol–water partition coefficient (Wildman–Crippen LogP) is 4.12. The van der Waals surface area contributed by atoms with E-state index in [4.69, 9.17) is 9.47 Å². The van der Waals surface area contributed by atoms with Gasteiger partial charge in [0.1, 0.15) is 11.6 Å². The SMILES string of the molecule is CCCc1nnc(NC(=O)c2ccc(OCc3cccnc3)c(OCC)c2)s1. The molecule has 0 unspecified atom stereocenters. The number of hydrogen-bond donors (Lipinski definition) is 1. The number of nitrogens with zero attached hydrogens (tertiary/aromatic N) is 3. The van der Waals surface area contributed by atoms with E-state index in [1.807, 2.05) is 19.1 Å². The molecular formula is C20H22N4O3S. The Balaban J connectivity index is 1.70. The number of hydrogen-bond acceptors (Lipinski definition) is 7. The van der Waals surface area contributed by atoms with Gasteiger partial charge in [0.2, 0.25) is 5.13 Å². The van der Waals surface area contributed by atoms with Crippen LogP contribution < -0.4 is 14.8 Å². The van der Waals surface area contributed by atoms with E-state index in [0.29, 0.717) is 35.4 Å². The number of benzene rings is 1. The number of rotatable bonds is 9. The number of anilines is 1. The molecule has 0 aliphatic carbocycles. The number of amides is 1. The summed E-state index contributed by atoms with van der Waals surface area (Å²) in [4.78, 5) is 16.6. The van der Waals surface area contributed by atoms with Crippen molar-refractivity contribution < 1.29 is 14.3 Å². The number of aromatic nitrogens is 3. The van der Waals surface area contributed by atoms with Crippen LogP contribution in [0.15, 0.2) is 42.7 Å². The lowest BCUT2D eigenvalue weighted by molar-refractivity contribution is 0.102. The van der Waals surface area contributed by atoms with Crippen molar-refractivity contribution in [1.29, 1.82) is 0 Å². The summed E-state index contributed by atoms with van der Waals surface area (Å²) < 4.78 is 11.5. The van der Waals surface area contributed by atoms with E-state index in [0.717, 1.165) is 23.4 Å². The molecule has 3 rings (SSSR count). The van der Waals surface area contributed by atoms with Gasteiger partial charge in [0.15, 0.2) is 11.5 Å². The zero-order valence-electron chi connectivity index (χ0n) is 15.8. The monoisotopic (exact) mass is 398 g/mol. The number of nitrogens with one attached hydrogen (secondary N) is 1. The topological polar surface area (TPSA) is 86.2 Å². The van der Waals surface area contributed by atoms with E-state index in [-0.39, 0.29) is 5.91 Å². The molecule has 0 saturated heterocycles. The summed E-state index contributed by atoms with van der Waals surface area (Å²) in [7, 11) is 0. The van der Waals surface area contributed by atoms with Crippen molar-refractivity contribution in [1.82, 2.24) is 15.2 Å². The van der Waals surface area contributed by atoms with Crippen molar-refractivity contribution in [2.75, 3.05) is 11.9 Å². The molecule has 0 fully saturated rings. The van der Waals surface area contributed by atoms with E-state index in [1.54, 1.807) is 30.6 Å². The van der Waals surface area contributed by atoms with E-state index in [1.165, 1.54) is 11.3 Å². The smallest absolute Gasteiger partial charge is 0.257 e. The second-order valence-corrected chi connectivity index (χ2v) is 7.01. The number of carbonyl (C=O) groups is 1. The van der Waals surface area contributed by atoms with Gasteiger partial charge >= 0.3 is 0 Å². The average Bonchev–Trinajstić information content (AvgIpc) is 3.15. The second-order valence-electron chi connectivity index (χ2n) is 5.95. The van der Waals surface area contributed by atoms with E-state index in [2.05, 4.69) is 27.4 Å². The summed E-state index contributed by atoms with van der Waals surface area (Å²) in [5.74, 6) is 0.824. The number of ether oxygens (including phenoxy) is 2. The van der Waals surface area contributed by atoms with Crippen LogP contribution in [0, 0.1) is 0 Å². The van der Waals surface area contributed by atoms with E-state index >= 15 is 0 Å². The van der Waals surface area contributed by atoms with Crippen molar-refractivity contribution in [3.63, 3.8) is 0 Å². The highest BCUT2D eigenvalue weighted by molar-refractivity contribution is 7.15. The first kappa shape index (κ1) is 19.8. The number of pyridine rings is 1. The van der Waals surface area contributed by atoms with Crippen LogP contribution in [-0.2, 0) is 13.0 Å². The van der Waals surface area contributed by atoms with Crippen LogP contribution in [0.5, 0.6) is 11.5 Å². The summed E-state index contributed by atoms with van der Waals surface area (Å²) in [6.07, 6.45) is 5.30. The number of carbonyl (C=O) groups excluding carboxylic acids is 1. The minimum absolute atomic E-state index is 0.265. The molecule has 8 heteroatoms. The van der Waals surface area contributed by atoms with Gasteiger partial charge in [-0.2, -0.15) is 0 Å². The maximum atomic E-state index is 12.6. The van der Waals surface area contributed by atoms with Crippen LogP contribution in [0.3, 0.4) is 0 Å². The fraction of sp³-hybridized carbons (Fsp3) is 0.300. The molecule has 0 aliphatic rings. The Bertz CT molecular complexity index is 915. The molecule has 1 aromatic carbocycles. The Morgan fingerprint density at radius 2 is 2.04 bits per heavy atom. The van der Waals surface area contributed by atoms with Gasteiger partial charge in [-0.25, -0.2) is 0 Å². The fourth-order valence-corrected chi connectivity index (χ4v) is 3.31. The highest BCUT2D eigenvalue weighted by atomic mass is 32.1. The Morgan fingerprint density at radius 1 is 1.14 bits per heavy atom. The minimum atomic E-state index is -0.265. The first-order valence-electron chi connectivity index (χ1n) is 9.11. The largest absolute Gasteiger partial charge is 0.490 e. The standard InChI is InChI=1S/C20H22N4O3S/c1-3-6-18-23-24-20(28-18)22-19(25)15-8-9-16(17(11-15)26-4-2)27-13-14-7-5-10-21-12-14/h5,7-12H,3-4,6,13H2,1-2H3,(H,22,24,25). The van der Waals surface area contributed by atoms with Crippen molar-refractivity contribution >= 4 is 22.4 Å². The van der Waals surface area contributed by atoms with Crippen LogP contribution in [0.25, 0.3) is 0 Å². The molecule has 2 heterocycles. The molecule has 7 nitrogen and oxygen atoms in total. The van der Waals surface area contributed by atoms with Crippen LogP contribution in [0.4, 0.5) is 5.13 Å². The van der Waals surface area contributed by atoms with Gasteiger partial charge in [0, 0.05) is 29.9 Å². The summed E-state index contributed by atoms with van der Waals surface area (Å²) in [5, 5.41) is 12.3. The van der Waals surface area contributed by atoms with Gasteiger partial charge in [0.25, 0.3) is 5.91 Å². The summed E-state index contributed by atoms with van der Waals surface area (Å²) in [6.45, 7) is 4.79.